The van der Waals surface area contributed by atoms with Crippen molar-refractivity contribution < 1.29 is 9.90 Å². The van der Waals surface area contributed by atoms with Crippen molar-refractivity contribution in [2.24, 2.45) is 5.92 Å². The van der Waals surface area contributed by atoms with E-state index in [1.807, 2.05) is 7.05 Å². The molecule has 1 amide bonds. The highest BCUT2D eigenvalue weighted by Gasteiger charge is 2.17. The van der Waals surface area contributed by atoms with Crippen molar-refractivity contribution in [3.63, 3.8) is 0 Å². The lowest BCUT2D eigenvalue weighted by molar-refractivity contribution is -0.130. The van der Waals surface area contributed by atoms with Gasteiger partial charge in [-0.25, -0.2) is 0 Å². The van der Waals surface area contributed by atoms with Crippen molar-refractivity contribution in [1.29, 1.82) is 0 Å². The van der Waals surface area contributed by atoms with E-state index >= 15 is 0 Å². The van der Waals surface area contributed by atoms with Gasteiger partial charge in [0.25, 0.3) is 0 Å². The predicted molar refractivity (Wildman–Crippen MR) is 71.4 cm³/mol. The van der Waals surface area contributed by atoms with Crippen LogP contribution in [0.4, 0.5) is 0 Å². The van der Waals surface area contributed by atoms with Crippen LogP contribution in [0.25, 0.3) is 0 Å². The number of halogens is 1. The number of hydrogen-bond acceptors (Lipinski definition) is 3. The lowest BCUT2D eigenvalue weighted by Gasteiger charge is -2.18. The molecule has 2 atom stereocenters. The summed E-state index contributed by atoms with van der Waals surface area (Å²) in [4.78, 5) is 13.5. The molecule has 0 aromatic heterocycles. The first-order chi connectivity index (χ1) is 7.59. The minimum absolute atomic E-state index is 0. The van der Waals surface area contributed by atoms with Crippen molar-refractivity contribution in [1.82, 2.24) is 10.2 Å². The first kappa shape index (κ1) is 16.7. The number of hydrogen-bond donors (Lipinski definition) is 2. The summed E-state index contributed by atoms with van der Waals surface area (Å²) in [5, 5.41) is 12.4. The first-order valence-electron chi connectivity index (χ1n) is 6.22. The predicted octanol–water partition coefficient (Wildman–Crippen LogP) is 1.03. The fourth-order valence-electron chi connectivity index (χ4n) is 1.98. The molecule has 0 aromatic rings. The summed E-state index contributed by atoms with van der Waals surface area (Å²) in [5.74, 6) is 0.877. The van der Waals surface area contributed by atoms with E-state index in [1.165, 1.54) is 6.42 Å². The molecule has 0 aliphatic carbocycles. The van der Waals surface area contributed by atoms with Crippen LogP contribution in [0.5, 0.6) is 0 Å². The zero-order valence-electron chi connectivity index (χ0n) is 10.8. The SMILES string of the molecule is CC(O)CCN(C)C(=O)CCC1CCNC1.Cl. The van der Waals surface area contributed by atoms with Gasteiger partial charge in [-0.2, -0.15) is 0 Å². The number of carbonyl (C=O) groups excluding carboxylic acids is 1. The number of nitrogens with one attached hydrogen (secondary N) is 1. The Balaban J connectivity index is 0.00000256. The summed E-state index contributed by atoms with van der Waals surface area (Å²) < 4.78 is 0. The molecule has 0 bridgehead atoms. The molecule has 5 heteroatoms. The third kappa shape index (κ3) is 6.86. The topological polar surface area (TPSA) is 52.6 Å². The molecule has 102 valence electrons. The van der Waals surface area contributed by atoms with E-state index in [0.29, 0.717) is 25.3 Å². The third-order valence-electron chi connectivity index (χ3n) is 3.24. The van der Waals surface area contributed by atoms with Crippen LogP contribution >= 0.6 is 12.4 Å². The lowest BCUT2D eigenvalue weighted by atomic mass is 10.0. The Kier molecular flexibility index (Phi) is 8.56. The molecule has 17 heavy (non-hydrogen) atoms. The van der Waals surface area contributed by atoms with Crippen LogP contribution in [0.2, 0.25) is 0 Å². The van der Waals surface area contributed by atoms with Gasteiger partial charge >= 0.3 is 0 Å². The Morgan fingerprint density at radius 1 is 1.59 bits per heavy atom. The largest absolute Gasteiger partial charge is 0.393 e. The average Bonchev–Trinajstić information content (AvgIpc) is 2.75. The first-order valence-corrected chi connectivity index (χ1v) is 6.22. The van der Waals surface area contributed by atoms with Gasteiger partial charge in [0.1, 0.15) is 0 Å². The van der Waals surface area contributed by atoms with Crippen LogP contribution in [0, 0.1) is 5.92 Å². The summed E-state index contributed by atoms with van der Waals surface area (Å²) in [6, 6.07) is 0. The Morgan fingerprint density at radius 2 is 2.29 bits per heavy atom. The summed E-state index contributed by atoms with van der Waals surface area (Å²) in [6.07, 6.45) is 3.17. The summed E-state index contributed by atoms with van der Waals surface area (Å²) >= 11 is 0. The van der Waals surface area contributed by atoms with E-state index < -0.39 is 0 Å². The van der Waals surface area contributed by atoms with Crippen LogP contribution in [-0.2, 0) is 4.79 Å². The Labute approximate surface area is 110 Å². The van der Waals surface area contributed by atoms with E-state index in [2.05, 4.69) is 5.32 Å². The standard InChI is InChI=1S/C12H24N2O2.ClH/c1-10(15)6-8-14(2)12(16)4-3-11-5-7-13-9-11;/h10-11,13,15H,3-9H2,1-2H3;1H. The number of aliphatic hydroxyl groups is 1. The van der Waals surface area contributed by atoms with E-state index in [4.69, 9.17) is 5.11 Å². The molecule has 1 rings (SSSR count). The van der Waals surface area contributed by atoms with E-state index in [9.17, 15) is 4.79 Å². The van der Waals surface area contributed by atoms with Crippen molar-refractivity contribution in [3.8, 4) is 0 Å². The molecule has 4 nitrogen and oxygen atoms in total. The lowest BCUT2D eigenvalue weighted by Crippen LogP contribution is -2.29. The fourth-order valence-corrected chi connectivity index (χ4v) is 1.98. The molecule has 1 aliphatic heterocycles. The highest BCUT2D eigenvalue weighted by Crippen LogP contribution is 2.14. The molecule has 0 radical (unpaired) electrons. The van der Waals surface area contributed by atoms with Gasteiger partial charge in [-0.1, -0.05) is 0 Å². The minimum Gasteiger partial charge on any atom is -0.393 e. The number of carbonyl (C=O) groups is 1. The maximum Gasteiger partial charge on any atom is 0.222 e. The number of nitrogens with zero attached hydrogens (tertiary/aromatic N) is 1. The second-order valence-electron chi connectivity index (χ2n) is 4.85. The number of aliphatic hydroxyl groups excluding tert-OH is 1. The molecule has 0 aromatic carbocycles. The monoisotopic (exact) mass is 264 g/mol. The maximum atomic E-state index is 11.7. The van der Waals surface area contributed by atoms with Gasteiger partial charge in [0.05, 0.1) is 6.10 Å². The number of rotatable bonds is 6. The minimum atomic E-state index is -0.325. The average molecular weight is 265 g/mol. The van der Waals surface area contributed by atoms with Gasteiger partial charge < -0.3 is 15.3 Å². The van der Waals surface area contributed by atoms with Gasteiger partial charge in [-0.15, -0.1) is 12.4 Å². The van der Waals surface area contributed by atoms with Crippen LogP contribution in [-0.4, -0.2) is 48.7 Å². The van der Waals surface area contributed by atoms with E-state index in [1.54, 1.807) is 11.8 Å². The van der Waals surface area contributed by atoms with Gasteiger partial charge in [0.15, 0.2) is 0 Å². The number of amides is 1. The maximum absolute atomic E-state index is 11.7. The van der Waals surface area contributed by atoms with Gasteiger partial charge in [-0.3, -0.25) is 4.79 Å². The molecular formula is C12H25ClN2O2. The van der Waals surface area contributed by atoms with Crippen LogP contribution in [0.3, 0.4) is 0 Å². The van der Waals surface area contributed by atoms with Gasteiger partial charge in [0, 0.05) is 20.0 Å². The van der Waals surface area contributed by atoms with Crippen LogP contribution in [0.1, 0.15) is 32.6 Å². The quantitative estimate of drug-likeness (QED) is 0.753. The molecule has 1 aliphatic rings. The van der Waals surface area contributed by atoms with Crippen molar-refractivity contribution in [2.45, 2.75) is 38.7 Å². The van der Waals surface area contributed by atoms with Crippen LogP contribution in [0.15, 0.2) is 0 Å². The highest BCUT2D eigenvalue weighted by atomic mass is 35.5. The molecule has 0 saturated carbocycles. The summed E-state index contributed by atoms with van der Waals surface area (Å²) in [7, 11) is 1.82. The van der Waals surface area contributed by atoms with Crippen molar-refractivity contribution >= 4 is 18.3 Å². The molecule has 0 spiro atoms. The smallest absolute Gasteiger partial charge is 0.222 e. The zero-order chi connectivity index (χ0) is 12.0. The summed E-state index contributed by atoms with van der Waals surface area (Å²) in [6.45, 7) is 4.56. The molecule has 2 unspecified atom stereocenters. The van der Waals surface area contributed by atoms with E-state index in [-0.39, 0.29) is 24.4 Å². The van der Waals surface area contributed by atoms with Crippen LogP contribution < -0.4 is 5.32 Å². The Hall–Kier alpha value is -0.320. The second-order valence-corrected chi connectivity index (χ2v) is 4.85. The second kappa shape index (κ2) is 8.72. The molecule has 1 saturated heterocycles. The molecular weight excluding hydrogens is 240 g/mol. The molecule has 1 heterocycles. The Bertz CT molecular complexity index is 219. The zero-order valence-corrected chi connectivity index (χ0v) is 11.6. The molecule has 2 N–H and O–H groups in total. The Morgan fingerprint density at radius 3 is 2.82 bits per heavy atom. The van der Waals surface area contributed by atoms with Crippen molar-refractivity contribution in [3.05, 3.63) is 0 Å². The van der Waals surface area contributed by atoms with Gasteiger partial charge in [0.2, 0.25) is 5.91 Å². The summed E-state index contributed by atoms with van der Waals surface area (Å²) in [5.41, 5.74) is 0. The van der Waals surface area contributed by atoms with Gasteiger partial charge in [-0.05, 0) is 45.2 Å². The van der Waals surface area contributed by atoms with Crippen molar-refractivity contribution in [2.75, 3.05) is 26.7 Å². The van der Waals surface area contributed by atoms with E-state index in [0.717, 1.165) is 19.5 Å². The highest BCUT2D eigenvalue weighted by molar-refractivity contribution is 5.85. The third-order valence-corrected chi connectivity index (χ3v) is 3.24. The fraction of sp³-hybridized carbons (Fsp3) is 0.917. The normalized spacial score (nSPS) is 20.8. The molecule has 1 fully saturated rings.